The van der Waals surface area contributed by atoms with Crippen molar-refractivity contribution < 1.29 is 4.74 Å². The van der Waals surface area contributed by atoms with Crippen LogP contribution >= 0.6 is 23.5 Å². The Bertz CT molecular complexity index is 999. The highest BCUT2D eigenvalue weighted by atomic mass is 35.5. The Hall–Kier alpha value is -1.70. The minimum Gasteiger partial charge on any atom is -0.494 e. The van der Waals surface area contributed by atoms with Crippen molar-refractivity contribution in [2.24, 2.45) is 0 Å². The summed E-state index contributed by atoms with van der Waals surface area (Å²) in [6.07, 6.45) is 5.24. The normalized spacial score (nSPS) is 19.2. The average molecular weight is 487 g/mol. The quantitative estimate of drug-likeness (QED) is 0.247. The Morgan fingerprint density at radius 1 is 1.09 bits per heavy atom. The van der Waals surface area contributed by atoms with Crippen LogP contribution in [0.1, 0.15) is 32.3 Å². The summed E-state index contributed by atoms with van der Waals surface area (Å²) < 4.78 is 9.42. The maximum atomic E-state index is 6.14. The molecule has 1 aliphatic rings. The van der Waals surface area contributed by atoms with Crippen LogP contribution < -0.4 is 14.8 Å². The fourth-order valence-corrected chi connectivity index (χ4v) is 5.41. The molecule has 2 heterocycles. The van der Waals surface area contributed by atoms with E-state index in [4.69, 9.17) is 16.3 Å². The largest absolute Gasteiger partial charge is 0.494 e. The number of aromatic amines is 1. The van der Waals surface area contributed by atoms with Gasteiger partial charge in [-0.25, -0.2) is 0 Å². The number of hydrogen-bond acceptors (Lipinski definition) is 5. The van der Waals surface area contributed by atoms with E-state index >= 15 is 0 Å². The molecule has 4 rings (SSSR count). The summed E-state index contributed by atoms with van der Waals surface area (Å²) in [5.41, 5.74) is 2.47. The third-order valence-corrected chi connectivity index (χ3v) is 7.08. The number of ether oxygens (including phenoxy) is 1. The van der Waals surface area contributed by atoms with E-state index in [0.29, 0.717) is 12.1 Å². The number of fused-ring (bicyclic) bond motifs is 1. The second kappa shape index (κ2) is 12.1. The molecule has 1 aromatic heterocycles. The van der Waals surface area contributed by atoms with Gasteiger partial charge in [-0.1, -0.05) is 11.6 Å². The van der Waals surface area contributed by atoms with Gasteiger partial charge >= 0.3 is 0 Å². The molecule has 0 radical (unpaired) electrons. The zero-order valence-corrected chi connectivity index (χ0v) is 21.1. The van der Waals surface area contributed by atoms with E-state index in [1.807, 2.05) is 18.2 Å². The van der Waals surface area contributed by atoms with Gasteiger partial charge in [-0.3, -0.25) is 4.72 Å². The van der Waals surface area contributed by atoms with Crippen LogP contribution in [0.4, 0.5) is 0 Å². The van der Waals surface area contributed by atoms with E-state index in [1.165, 1.54) is 15.8 Å². The van der Waals surface area contributed by atoms with E-state index in [1.54, 1.807) is 11.9 Å². The molecule has 3 aromatic rings. The first kappa shape index (κ1) is 24.4. The molecule has 178 valence electrons. The lowest BCUT2D eigenvalue weighted by atomic mass is 10.1. The molecular formula is C26H35ClN4OS. The second-order valence-electron chi connectivity index (χ2n) is 9.01. The molecule has 2 aromatic carbocycles. The van der Waals surface area contributed by atoms with Gasteiger partial charge in [0.25, 0.3) is 0 Å². The van der Waals surface area contributed by atoms with Crippen LogP contribution in [0.25, 0.3) is 10.9 Å². The van der Waals surface area contributed by atoms with Gasteiger partial charge in [-0.15, -0.1) is 0 Å². The molecule has 0 saturated carbocycles. The molecule has 1 fully saturated rings. The molecule has 1 saturated heterocycles. The fourth-order valence-electron chi connectivity index (χ4n) is 4.55. The minimum atomic E-state index is 0.570. The molecule has 0 amide bonds. The number of H-pyrrole nitrogens is 1. The fraction of sp³-hybridized carbons (Fsp3) is 0.462. The van der Waals surface area contributed by atoms with Crippen molar-refractivity contribution >= 4 is 34.5 Å². The number of benzene rings is 2. The third-order valence-electron chi connectivity index (χ3n) is 5.99. The van der Waals surface area contributed by atoms with Gasteiger partial charge in [0.05, 0.1) is 6.61 Å². The summed E-state index contributed by atoms with van der Waals surface area (Å²) in [6, 6.07) is 15.5. The molecule has 0 bridgehead atoms. The Morgan fingerprint density at radius 2 is 1.88 bits per heavy atom. The zero-order valence-electron chi connectivity index (χ0n) is 19.6. The van der Waals surface area contributed by atoms with Crippen LogP contribution in [-0.2, 0) is 6.42 Å². The van der Waals surface area contributed by atoms with Crippen molar-refractivity contribution in [2.75, 3.05) is 32.8 Å². The summed E-state index contributed by atoms with van der Waals surface area (Å²) in [5.74, 6) is 0.944. The Balaban J connectivity index is 1.10. The smallest absolute Gasteiger partial charge is 0.119 e. The van der Waals surface area contributed by atoms with Crippen LogP contribution in [0.15, 0.2) is 53.6 Å². The highest BCUT2D eigenvalue weighted by molar-refractivity contribution is 7.97. The van der Waals surface area contributed by atoms with Crippen molar-refractivity contribution in [1.82, 2.24) is 19.9 Å². The van der Waals surface area contributed by atoms with Gasteiger partial charge in [-0.2, -0.15) is 0 Å². The van der Waals surface area contributed by atoms with Gasteiger partial charge in [0.2, 0.25) is 0 Å². The molecule has 2 atom stereocenters. The highest BCUT2D eigenvalue weighted by Crippen LogP contribution is 2.24. The van der Waals surface area contributed by atoms with Gasteiger partial charge in [0.15, 0.2) is 0 Å². The van der Waals surface area contributed by atoms with Crippen molar-refractivity contribution in [1.29, 1.82) is 0 Å². The molecule has 5 nitrogen and oxygen atoms in total. The third kappa shape index (κ3) is 7.39. The van der Waals surface area contributed by atoms with Crippen molar-refractivity contribution in [3.63, 3.8) is 0 Å². The minimum absolute atomic E-state index is 0.570. The molecule has 7 heteroatoms. The number of nitrogens with zero attached hydrogens (tertiary/aromatic N) is 1. The monoisotopic (exact) mass is 486 g/mol. The molecule has 1 aliphatic heterocycles. The molecular weight excluding hydrogens is 452 g/mol. The first-order valence-corrected chi connectivity index (χ1v) is 13.1. The number of piperazine rings is 1. The molecule has 0 spiro atoms. The van der Waals surface area contributed by atoms with Gasteiger partial charge in [-0.05, 0) is 93.1 Å². The van der Waals surface area contributed by atoms with E-state index in [9.17, 15) is 0 Å². The van der Waals surface area contributed by atoms with E-state index < -0.39 is 0 Å². The number of aryl methyl sites for hydroxylation is 1. The number of aromatic nitrogens is 1. The Morgan fingerprint density at radius 3 is 2.67 bits per heavy atom. The SMILES string of the molecule is CC1CN(CCCOc2ccc(SNCCCc3c[nH]c4ccc(Cl)cc34)cc2)CC(C)N1. The molecule has 2 unspecified atom stereocenters. The lowest BCUT2D eigenvalue weighted by Gasteiger charge is -2.36. The van der Waals surface area contributed by atoms with Crippen molar-refractivity contribution in [2.45, 2.75) is 50.1 Å². The first-order chi connectivity index (χ1) is 16.1. The van der Waals surface area contributed by atoms with Crippen LogP contribution in [0, 0.1) is 0 Å². The molecule has 33 heavy (non-hydrogen) atoms. The number of rotatable bonds is 11. The zero-order chi connectivity index (χ0) is 23.0. The average Bonchev–Trinajstić information content (AvgIpc) is 3.19. The van der Waals surface area contributed by atoms with E-state index in [2.05, 4.69) is 64.2 Å². The molecule has 3 N–H and O–H groups in total. The maximum Gasteiger partial charge on any atom is 0.119 e. The summed E-state index contributed by atoms with van der Waals surface area (Å²) in [4.78, 5) is 7.06. The van der Waals surface area contributed by atoms with Crippen LogP contribution in [0.5, 0.6) is 5.75 Å². The van der Waals surface area contributed by atoms with Gasteiger partial charge in [0, 0.05) is 65.3 Å². The van der Waals surface area contributed by atoms with Crippen molar-refractivity contribution in [3.05, 3.63) is 59.2 Å². The second-order valence-corrected chi connectivity index (χ2v) is 10.4. The van der Waals surface area contributed by atoms with Gasteiger partial charge in [0.1, 0.15) is 5.75 Å². The van der Waals surface area contributed by atoms with Crippen LogP contribution in [0.3, 0.4) is 0 Å². The Kier molecular flexibility index (Phi) is 8.98. The number of nitrogens with one attached hydrogen (secondary N) is 3. The predicted molar refractivity (Wildman–Crippen MR) is 141 cm³/mol. The highest BCUT2D eigenvalue weighted by Gasteiger charge is 2.20. The van der Waals surface area contributed by atoms with Gasteiger partial charge < -0.3 is 19.9 Å². The summed E-state index contributed by atoms with van der Waals surface area (Å²) in [5, 5.41) is 5.59. The standard InChI is InChI=1S/C26H35ClN4OS/c1-19-17-31(18-20(2)30-19)13-4-14-32-23-7-9-24(10-8-23)33-29-12-3-5-21-16-28-26-11-6-22(27)15-25(21)26/h6-11,15-16,19-20,28-30H,3-5,12-14,17-18H2,1-2H3. The number of hydrogen-bond donors (Lipinski definition) is 3. The summed E-state index contributed by atoms with van der Waals surface area (Å²) >= 11 is 7.82. The topological polar surface area (TPSA) is 52.3 Å². The Labute approximate surface area is 206 Å². The van der Waals surface area contributed by atoms with Crippen LogP contribution in [0.2, 0.25) is 5.02 Å². The lowest BCUT2D eigenvalue weighted by molar-refractivity contribution is 0.161. The van der Waals surface area contributed by atoms with Crippen LogP contribution in [-0.4, -0.2) is 54.8 Å². The van der Waals surface area contributed by atoms with E-state index in [-0.39, 0.29) is 0 Å². The van der Waals surface area contributed by atoms with E-state index in [0.717, 1.165) is 68.3 Å². The lowest BCUT2D eigenvalue weighted by Crippen LogP contribution is -2.54. The van der Waals surface area contributed by atoms with Crippen molar-refractivity contribution in [3.8, 4) is 5.75 Å². The summed E-state index contributed by atoms with van der Waals surface area (Å²) in [6.45, 7) is 9.57. The molecule has 0 aliphatic carbocycles. The number of halogens is 1. The maximum absolute atomic E-state index is 6.14. The summed E-state index contributed by atoms with van der Waals surface area (Å²) in [7, 11) is 0. The predicted octanol–water partition coefficient (Wildman–Crippen LogP) is 5.50. The first-order valence-electron chi connectivity index (χ1n) is 11.9.